The van der Waals surface area contributed by atoms with Gasteiger partial charge in [0.1, 0.15) is 18.1 Å². The SMILES string of the molecule is O=C(CC(CO)CO)CC1COc2ccc(C(=O)Nn3cccc3)cc2N1. The lowest BCUT2D eigenvalue weighted by Crippen LogP contribution is -2.34. The van der Waals surface area contributed by atoms with Crippen LogP contribution in [-0.4, -0.2) is 52.4 Å². The van der Waals surface area contributed by atoms with E-state index in [2.05, 4.69) is 10.7 Å². The molecule has 2 heterocycles. The number of carbonyl (C=O) groups excluding carboxylic acids is 2. The minimum Gasteiger partial charge on any atom is -0.489 e. The fourth-order valence-electron chi connectivity index (χ4n) is 2.93. The molecule has 0 saturated carbocycles. The molecule has 2 aromatic rings. The van der Waals surface area contributed by atoms with E-state index in [1.54, 1.807) is 35.3 Å². The molecule has 0 spiro atoms. The average Bonchev–Trinajstić information content (AvgIpc) is 3.18. The number of rotatable bonds is 8. The second-order valence-electron chi connectivity index (χ2n) is 6.57. The molecule has 0 aliphatic carbocycles. The third-order valence-electron chi connectivity index (χ3n) is 4.38. The van der Waals surface area contributed by atoms with E-state index in [0.717, 1.165) is 0 Å². The maximum atomic E-state index is 12.3. The van der Waals surface area contributed by atoms with Gasteiger partial charge in [0.2, 0.25) is 0 Å². The van der Waals surface area contributed by atoms with Crippen LogP contribution in [0, 0.1) is 5.92 Å². The molecule has 27 heavy (non-hydrogen) atoms. The summed E-state index contributed by atoms with van der Waals surface area (Å²) in [5.41, 5.74) is 3.85. The van der Waals surface area contributed by atoms with Gasteiger partial charge in [0, 0.05) is 49.9 Å². The second-order valence-corrected chi connectivity index (χ2v) is 6.57. The molecule has 144 valence electrons. The van der Waals surface area contributed by atoms with Gasteiger partial charge < -0.3 is 20.3 Å². The van der Waals surface area contributed by atoms with Crippen LogP contribution in [0.25, 0.3) is 0 Å². The summed E-state index contributed by atoms with van der Waals surface area (Å²) in [4.78, 5) is 24.5. The Morgan fingerprint density at radius 1 is 1.26 bits per heavy atom. The van der Waals surface area contributed by atoms with Crippen LogP contribution in [0.3, 0.4) is 0 Å². The van der Waals surface area contributed by atoms with Crippen molar-refractivity contribution >= 4 is 17.4 Å². The number of ether oxygens (including phenoxy) is 1. The number of benzene rings is 1. The highest BCUT2D eigenvalue weighted by Crippen LogP contribution is 2.30. The molecule has 0 bridgehead atoms. The maximum absolute atomic E-state index is 12.3. The first kappa shape index (κ1) is 18.9. The van der Waals surface area contributed by atoms with E-state index in [4.69, 9.17) is 14.9 Å². The van der Waals surface area contributed by atoms with Crippen LogP contribution in [0.4, 0.5) is 5.69 Å². The summed E-state index contributed by atoms with van der Waals surface area (Å²) in [7, 11) is 0. The number of ketones is 1. The van der Waals surface area contributed by atoms with Crippen molar-refractivity contribution in [3.8, 4) is 5.75 Å². The Morgan fingerprint density at radius 2 is 2.00 bits per heavy atom. The van der Waals surface area contributed by atoms with E-state index < -0.39 is 5.92 Å². The van der Waals surface area contributed by atoms with E-state index in [1.165, 1.54) is 0 Å². The number of aliphatic hydroxyl groups excluding tert-OH is 2. The topological polar surface area (TPSA) is 113 Å². The molecular weight excluding hydrogens is 350 g/mol. The Labute approximate surface area is 156 Å². The number of amides is 1. The molecule has 1 atom stereocenters. The first-order chi connectivity index (χ1) is 13.1. The van der Waals surface area contributed by atoms with Gasteiger partial charge in [0.15, 0.2) is 0 Å². The molecule has 1 amide bonds. The van der Waals surface area contributed by atoms with Gasteiger partial charge in [-0.1, -0.05) is 0 Å². The van der Waals surface area contributed by atoms with Gasteiger partial charge in [0.05, 0.1) is 11.7 Å². The van der Waals surface area contributed by atoms with E-state index >= 15 is 0 Å². The number of Topliss-reactive ketones (excluding diaryl/α,β-unsaturated/α-hetero) is 1. The first-order valence-corrected chi connectivity index (χ1v) is 8.80. The van der Waals surface area contributed by atoms with Crippen molar-refractivity contribution in [3.63, 3.8) is 0 Å². The van der Waals surface area contributed by atoms with Gasteiger partial charge >= 0.3 is 0 Å². The first-order valence-electron chi connectivity index (χ1n) is 8.80. The molecule has 1 aliphatic heterocycles. The number of aliphatic hydroxyl groups is 2. The predicted octanol–water partition coefficient (Wildman–Crippen LogP) is 0.995. The van der Waals surface area contributed by atoms with Crippen LogP contribution >= 0.6 is 0 Å². The monoisotopic (exact) mass is 373 g/mol. The summed E-state index contributed by atoms with van der Waals surface area (Å²) in [6, 6.07) is 8.47. The normalized spacial score (nSPS) is 15.6. The lowest BCUT2D eigenvalue weighted by Gasteiger charge is -2.27. The number of aromatic nitrogens is 1. The van der Waals surface area contributed by atoms with Crippen molar-refractivity contribution in [1.29, 1.82) is 0 Å². The van der Waals surface area contributed by atoms with Crippen LogP contribution in [0.5, 0.6) is 5.75 Å². The standard InChI is InChI=1S/C19H23N3O5/c23-10-13(11-24)7-16(25)9-15-12-27-18-4-3-14(8-17(18)20-15)19(26)21-22-5-1-2-6-22/h1-6,8,13,15,20,23-24H,7,9-12H2,(H,21,26). The Bertz CT molecular complexity index is 787. The van der Waals surface area contributed by atoms with Crippen molar-refractivity contribution in [2.75, 3.05) is 30.6 Å². The average molecular weight is 373 g/mol. The zero-order valence-corrected chi connectivity index (χ0v) is 14.8. The highest BCUT2D eigenvalue weighted by atomic mass is 16.5. The molecule has 8 nitrogen and oxygen atoms in total. The fraction of sp³-hybridized carbons (Fsp3) is 0.368. The van der Waals surface area contributed by atoms with Crippen LogP contribution < -0.4 is 15.5 Å². The summed E-state index contributed by atoms with van der Waals surface area (Å²) in [6.45, 7) is -0.115. The molecule has 1 unspecified atom stereocenters. The van der Waals surface area contributed by atoms with Gasteiger partial charge in [-0.2, -0.15) is 0 Å². The third-order valence-corrected chi connectivity index (χ3v) is 4.38. The molecule has 1 aliphatic rings. The van der Waals surface area contributed by atoms with Crippen LogP contribution in [0.2, 0.25) is 0 Å². The third kappa shape index (κ3) is 4.87. The van der Waals surface area contributed by atoms with Crippen LogP contribution in [0.1, 0.15) is 23.2 Å². The zero-order chi connectivity index (χ0) is 19.2. The van der Waals surface area contributed by atoms with Crippen LogP contribution in [0.15, 0.2) is 42.7 Å². The van der Waals surface area contributed by atoms with Crippen molar-refractivity contribution in [2.24, 2.45) is 5.92 Å². The zero-order valence-electron chi connectivity index (χ0n) is 14.8. The Morgan fingerprint density at radius 3 is 2.70 bits per heavy atom. The number of anilines is 1. The van der Waals surface area contributed by atoms with E-state index in [0.29, 0.717) is 23.6 Å². The van der Waals surface area contributed by atoms with Crippen LogP contribution in [-0.2, 0) is 4.79 Å². The maximum Gasteiger partial charge on any atom is 0.270 e. The fourth-order valence-corrected chi connectivity index (χ4v) is 2.93. The number of carbonyl (C=O) groups is 2. The van der Waals surface area contributed by atoms with E-state index in [1.807, 2.05) is 12.1 Å². The summed E-state index contributed by atoms with van der Waals surface area (Å²) >= 11 is 0. The number of nitrogens with one attached hydrogen (secondary N) is 2. The summed E-state index contributed by atoms with van der Waals surface area (Å²) in [5.74, 6) is -0.130. The van der Waals surface area contributed by atoms with E-state index in [9.17, 15) is 9.59 Å². The quantitative estimate of drug-likeness (QED) is 0.549. The summed E-state index contributed by atoms with van der Waals surface area (Å²) in [5, 5.41) is 21.4. The number of hydrogen-bond donors (Lipinski definition) is 4. The second kappa shape index (κ2) is 8.70. The van der Waals surface area contributed by atoms with Crippen molar-refractivity contribution in [3.05, 3.63) is 48.3 Å². The molecule has 1 aromatic heterocycles. The molecule has 8 heteroatoms. The lowest BCUT2D eigenvalue weighted by molar-refractivity contribution is -0.121. The van der Waals surface area contributed by atoms with Crippen molar-refractivity contribution < 1.29 is 24.5 Å². The molecule has 4 N–H and O–H groups in total. The largest absolute Gasteiger partial charge is 0.489 e. The minimum atomic E-state index is -0.432. The van der Waals surface area contributed by atoms with Gasteiger partial charge in [-0.05, 0) is 30.3 Å². The molecule has 1 aromatic carbocycles. The van der Waals surface area contributed by atoms with Gasteiger partial charge in [-0.15, -0.1) is 0 Å². The smallest absolute Gasteiger partial charge is 0.270 e. The van der Waals surface area contributed by atoms with Gasteiger partial charge in [-0.25, -0.2) is 0 Å². The number of hydrogen-bond acceptors (Lipinski definition) is 6. The van der Waals surface area contributed by atoms with Gasteiger partial charge in [0.25, 0.3) is 5.91 Å². The number of fused-ring (bicyclic) bond motifs is 1. The predicted molar refractivity (Wildman–Crippen MR) is 99.4 cm³/mol. The molecule has 0 radical (unpaired) electrons. The molecule has 0 fully saturated rings. The van der Waals surface area contributed by atoms with Gasteiger partial charge in [-0.3, -0.25) is 19.7 Å². The summed E-state index contributed by atoms with van der Waals surface area (Å²) < 4.78 is 7.25. The van der Waals surface area contributed by atoms with Crippen molar-refractivity contribution in [1.82, 2.24) is 4.68 Å². The number of nitrogens with zero attached hydrogens (tertiary/aromatic N) is 1. The molecule has 0 saturated heterocycles. The summed E-state index contributed by atoms with van der Waals surface area (Å²) in [6.07, 6.45) is 3.80. The molecular formula is C19H23N3O5. The Hall–Kier alpha value is -2.84. The van der Waals surface area contributed by atoms with E-state index in [-0.39, 0.29) is 43.8 Å². The van der Waals surface area contributed by atoms with Crippen molar-refractivity contribution in [2.45, 2.75) is 18.9 Å². The Kier molecular flexibility index (Phi) is 6.10. The minimum absolute atomic E-state index is 0.0610. The highest BCUT2D eigenvalue weighted by Gasteiger charge is 2.23. The molecule has 3 rings (SSSR count). The lowest BCUT2D eigenvalue weighted by atomic mass is 9.99. The highest BCUT2D eigenvalue weighted by molar-refractivity contribution is 6.01. The Balaban J connectivity index is 1.62.